The molecule has 2 N–H and O–H groups in total. The van der Waals surface area contributed by atoms with E-state index in [1.165, 1.54) is 7.11 Å². The van der Waals surface area contributed by atoms with Crippen LogP contribution in [0.2, 0.25) is 0 Å². The number of aliphatic imine (C=N–C) groups is 1. The summed E-state index contributed by atoms with van der Waals surface area (Å²) < 4.78 is 27.6. The number of hydrogen-bond acceptors (Lipinski definition) is 4. The van der Waals surface area contributed by atoms with Crippen molar-refractivity contribution in [3.05, 3.63) is 23.6 Å². The first kappa shape index (κ1) is 12.9. The molecule has 0 amide bonds. The minimum atomic E-state index is -3.53. The Kier molecular flexibility index (Phi) is 3.88. The molecular formula is C10H16N2O3S. The molecule has 5 nitrogen and oxygen atoms in total. The molecule has 1 rings (SSSR count). The van der Waals surface area contributed by atoms with Crippen LogP contribution in [-0.4, -0.2) is 27.5 Å². The third kappa shape index (κ3) is 2.70. The molecule has 0 aliphatic heterocycles. The molecule has 0 radical (unpaired) electrons. The Balaban J connectivity index is 3.04. The summed E-state index contributed by atoms with van der Waals surface area (Å²) in [5.74, 6) is 0.427. The predicted molar refractivity (Wildman–Crippen MR) is 63.5 cm³/mol. The van der Waals surface area contributed by atoms with E-state index in [0.717, 1.165) is 5.70 Å². The van der Waals surface area contributed by atoms with E-state index in [1.807, 2.05) is 0 Å². The van der Waals surface area contributed by atoms with Gasteiger partial charge in [-0.3, -0.25) is 4.99 Å². The fourth-order valence-corrected chi connectivity index (χ4v) is 2.59. The van der Waals surface area contributed by atoms with E-state index in [-0.39, 0.29) is 0 Å². The van der Waals surface area contributed by atoms with Gasteiger partial charge in [0.2, 0.25) is 10.0 Å². The van der Waals surface area contributed by atoms with E-state index in [1.54, 1.807) is 0 Å². The van der Waals surface area contributed by atoms with Crippen LogP contribution < -0.4 is 5.14 Å². The number of allylic oxidation sites excluding steroid dienone is 2. The molecule has 1 aliphatic carbocycles. The summed E-state index contributed by atoms with van der Waals surface area (Å²) in [6.07, 6.45) is 1.29. The van der Waals surface area contributed by atoms with E-state index in [9.17, 15) is 8.42 Å². The van der Waals surface area contributed by atoms with Crippen molar-refractivity contribution in [1.29, 1.82) is 0 Å². The van der Waals surface area contributed by atoms with Crippen LogP contribution in [0.5, 0.6) is 0 Å². The fourth-order valence-electron chi connectivity index (χ4n) is 1.75. The Morgan fingerprint density at radius 1 is 1.62 bits per heavy atom. The fraction of sp³-hybridized carbons (Fsp3) is 0.500. The first-order valence-corrected chi connectivity index (χ1v) is 6.44. The van der Waals surface area contributed by atoms with Crippen molar-refractivity contribution < 1.29 is 13.2 Å². The van der Waals surface area contributed by atoms with E-state index in [2.05, 4.69) is 18.3 Å². The molecule has 0 fully saturated rings. The van der Waals surface area contributed by atoms with Gasteiger partial charge in [-0.2, -0.15) is 0 Å². The largest absolute Gasteiger partial charge is 0.497 e. The van der Waals surface area contributed by atoms with Gasteiger partial charge < -0.3 is 4.74 Å². The molecule has 0 bridgehead atoms. The molecule has 0 saturated heterocycles. The molecule has 1 aliphatic rings. The quantitative estimate of drug-likeness (QED) is 0.590. The third-order valence-corrected chi connectivity index (χ3v) is 4.05. The maximum Gasteiger partial charge on any atom is 0.212 e. The second kappa shape index (κ2) is 4.80. The summed E-state index contributed by atoms with van der Waals surface area (Å²) in [7, 11) is -2.04. The van der Waals surface area contributed by atoms with Crippen molar-refractivity contribution >= 4 is 16.7 Å². The maximum absolute atomic E-state index is 11.3. The van der Waals surface area contributed by atoms with Crippen LogP contribution in [0.25, 0.3) is 0 Å². The molecule has 90 valence electrons. The molecule has 0 saturated carbocycles. The zero-order chi connectivity index (χ0) is 12.3. The standard InChI is InChI=1S/C10H16N2O3S/c1-7(15-3)9-6-8(16(11,13)14)4-5-10(9)12-2/h8H,1-2,4-6H2,3H3,(H2,11,13,14). The lowest BCUT2D eigenvalue weighted by atomic mass is 9.95. The van der Waals surface area contributed by atoms with Gasteiger partial charge in [-0.05, 0) is 26.0 Å². The van der Waals surface area contributed by atoms with Crippen molar-refractivity contribution in [2.45, 2.75) is 24.5 Å². The lowest BCUT2D eigenvalue weighted by Gasteiger charge is -2.24. The summed E-state index contributed by atoms with van der Waals surface area (Å²) in [5.41, 5.74) is 1.44. The van der Waals surface area contributed by atoms with Crippen LogP contribution in [0, 0.1) is 0 Å². The average Bonchev–Trinajstić information content (AvgIpc) is 2.25. The highest BCUT2D eigenvalue weighted by molar-refractivity contribution is 7.89. The van der Waals surface area contributed by atoms with Crippen molar-refractivity contribution in [1.82, 2.24) is 0 Å². The molecule has 1 unspecified atom stereocenters. The lowest BCUT2D eigenvalue weighted by molar-refractivity contribution is 0.297. The number of ether oxygens (including phenoxy) is 1. The molecule has 0 spiro atoms. The van der Waals surface area contributed by atoms with E-state index < -0.39 is 15.3 Å². The van der Waals surface area contributed by atoms with Gasteiger partial charge in [0.05, 0.1) is 12.4 Å². The monoisotopic (exact) mass is 244 g/mol. The normalized spacial score (nSPS) is 21.8. The molecule has 16 heavy (non-hydrogen) atoms. The van der Waals surface area contributed by atoms with E-state index >= 15 is 0 Å². The number of methoxy groups -OCH3 is 1. The summed E-state index contributed by atoms with van der Waals surface area (Å²) in [4.78, 5) is 3.87. The highest BCUT2D eigenvalue weighted by Crippen LogP contribution is 2.32. The Morgan fingerprint density at radius 3 is 2.69 bits per heavy atom. The molecular weight excluding hydrogens is 228 g/mol. The van der Waals surface area contributed by atoms with Crippen molar-refractivity contribution in [2.24, 2.45) is 10.1 Å². The molecule has 0 aromatic rings. The molecule has 6 heteroatoms. The number of rotatable bonds is 4. The Bertz CT molecular complexity index is 437. The van der Waals surface area contributed by atoms with Crippen molar-refractivity contribution in [3.63, 3.8) is 0 Å². The zero-order valence-corrected chi connectivity index (χ0v) is 10.1. The third-order valence-electron chi connectivity index (χ3n) is 2.72. The van der Waals surface area contributed by atoms with Crippen molar-refractivity contribution in [3.8, 4) is 0 Å². The number of nitrogens with two attached hydrogens (primary N) is 1. The number of nitrogens with zero attached hydrogens (tertiary/aromatic N) is 1. The summed E-state index contributed by atoms with van der Waals surface area (Å²) >= 11 is 0. The predicted octanol–water partition coefficient (Wildman–Crippen LogP) is 0.942. The van der Waals surface area contributed by atoms with Gasteiger partial charge in [-0.15, -0.1) is 0 Å². The van der Waals surface area contributed by atoms with E-state index in [0.29, 0.717) is 30.6 Å². The Labute approximate surface area is 95.7 Å². The van der Waals surface area contributed by atoms with Gasteiger partial charge in [0, 0.05) is 11.3 Å². The van der Waals surface area contributed by atoms with Crippen LogP contribution >= 0.6 is 0 Å². The van der Waals surface area contributed by atoms with Gasteiger partial charge in [-0.1, -0.05) is 6.58 Å². The second-order valence-electron chi connectivity index (χ2n) is 3.66. The van der Waals surface area contributed by atoms with Crippen LogP contribution in [0.4, 0.5) is 0 Å². The second-order valence-corrected chi connectivity index (χ2v) is 5.51. The highest BCUT2D eigenvalue weighted by atomic mass is 32.2. The average molecular weight is 244 g/mol. The van der Waals surface area contributed by atoms with Gasteiger partial charge in [0.25, 0.3) is 0 Å². The summed E-state index contributed by atoms with van der Waals surface area (Å²) in [5, 5.41) is 4.55. The SMILES string of the molecule is C=NC1=C(C(=C)OC)CC(S(N)(=O)=O)CC1. The van der Waals surface area contributed by atoms with E-state index in [4.69, 9.17) is 9.88 Å². The summed E-state index contributed by atoms with van der Waals surface area (Å²) in [6, 6.07) is 0. The topological polar surface area (TPSA) is 81.8 Å². The van der Waals surface area contributed by atoms with Gasteiger partial charge in [0.15, 0.2) is 0 Å². The lowest BCUT2D eigenvalue weighted by Crippen LogP contribution is -2.31. The first-order valence-electron chi connectivity index (χ1n) is 4.83. The number of hydrogen-bond donors (Lipinski definition) is 1. The van der Waals surface area contributed by atoms with Gasteiger partial charge in [0.1, 0.15) is 5.76 Å². The summed E-state index contributed by atoms with van der Waals surface area (Å²) in [6.45, 7) is 7.16. The minimum Gasteiger partial charge on any atom is -0.497 e. The van der Waals surface area contributed by atoms with Crippen molar-refractivity contribution in [2.75, 3.05) is 7.11 Å². The molecule has 1 atom stereocenters. The smallest absolute Gasteiger partial charge is 0.212 e. The highest BCUT2D eigenvalue weighted by Gasteiger charge is 2.29. The van der Waals surface area contributed by atoms with Gasteiger partial charge >= 0.3 is 0 Å². The number of sulfonamides is 1. The van der Waals surface area contributed by atoms with Gasteiger partial charge in [-0.25, -0.2) is 13.6 Å². The molecule has 0 heterocycles. The van der Waals surface area contributed by atoms with Crippen LogP contribution in [0.1, 0.15) is 19.3 Å². The van der Waals surface area contributed by atoms with Crippen LogP contribution in [0.15, 0.2) is 28.6 Å². The maximum atomic E-state index is 11.3. The molecule has 0 aromatic heterocycles. The Hall–Kier alpha value is -1.14. The van der Waals surface area contributed by atoms with Crippen LogP contribution in [-0.2, 0) is 14.8 Å². The number of primary sulfonamides is 1. The zero-order valence-electron chi connectivity index (χ0n) is 9.27. The Morgan fingerprint density at radius 2 is 2.25 bits per heavy atom. The van der Waals surface area contributed by atoms with Crippen LogP contribution in [0.3, 0.4) is 0 Å². The first-order chi connectivity index (χ1) is 7.40. The molecule has 0 aromatic carbocycles. The minimum absolute atomic E-state index is 0.292.